The van der Waals surface area contributed by atoms with Gasteiger partial charge in [0.15, 0.2) is 0 Å². The summed E-state index contributed by atoms with van der Waals surface area (Å²) in [7, 11) is 0. The van der Waals surface area contributed by atoms with Crippen molar-refractivity contribution in [2.75, 3.05) is 26.2 Å². The Morgan fingerprint density at radius 2 is 1.80 bits per heavy atom. The Balaban J connectivity index is 1.88. The summed E-state index contributed by atoms with van der Waals surface area (Å²) in [6.07, 6.45) is -0.156. The van der Waals surface area contributed by atoms with Gasteiger partial charge in [-0.25, -0.2) is 4.79 Å². The lowest BCUT2D eigenvalue weighted by atomic mass is 10.0. The molecule has 0 bridgehead atoms. The van der Waals surface area contributed by atoms with Gasteiger partial charge in [-0.1, -0.05) is 0 Å². The highest BCUT2D eigenvalue weighted by molar-refractivity contribution is 5.68. The average molecular weight is 212 g/mol. The third-order valence-electron chi connectivity index (χ3n) is 3.04. The quantitative estimate of drug-likeness (QED) is 0.653. The molecule has 0 aromatic carbocycles. The van der Waals surface area contributed by atoms with Crippen molar-refractivity contribution in [2.45, 2.75) is 26.4 Å². The van der Waals surface area contributed by atoms with Gasteiger partial charge in [0.1, 0.15) is 5.60 Å². The lowest BCUT2D eigenvalue weighted by Crippen LogP contribution is -2.36. The van der Waals surface area contributed by atoms with E-state index in [-0.39, 0.29) is 11.7 Å². The molecule has 0 aromatic rings. The molecule has 1 N–H and O–H groups in total. The summed E-state index contributed by atoms with van der Waals surface area (Å²) in [5.74, 6) is 1.27. The van der Waals surface area contributed by atoms with Crippen molar-refractivity contribution < 1.29 is 9.53 Å². The first-order valence-corrected chi connectivity index (χ1v) is 5.64. The second-order valence-corrected chi connectivity index (χ2v) is 5.56. The minimum Gasteiger partial charge on any atom is -0.444 e. The maximum absolute atomic E-state index is 11.8. The van der Waals surface area contributed by atoms with Gasteiger partial charge >= 0.3 is 6.09 Å². The van der Waals surface area contributed by atoms with Gasteiger partial charge in [0.25, 0.3) is 0 Å². The Bertz CT molecular complexity index is 248. The molecule has 15 heavy (non-hydrogen) atoms. The maximum Gasteiger partial charge on any atom is 0.410 e. The van der Waals surface area contributed by atoms with E-state index in [0.29, 0.717) is 11.8 Å². The zero-order valence-corrected chi connectivity index (χ0v) is 9.75. The normalized spacial score (nSPS) is 30.5. The summed E-state index contributed by atoms with van der Waals surface area (Å²) < 4.78 is 5.35. The van der Waals surface area contributed by atoms with Crippen molar-refractivity contribution in [1.82, 2.24) is 10.2 Å². The molecule has 2 saturated heterocycles. The molecule has 1 amide bonds. The van der Waals surface area contributed by atoms with Gasteiger partial charge in [-0.2, -0.15) is 0 Å². The highest BCUT2D eigenvalue weighted by Crippen LogP contribution is 2.27. The van der Waals surface area contributed by atoms with Crippen LogP contribution in [0.3, 0.4) is 0 Å². The monoisotopic (exact) mass is 212 g/mol. The summed E-state index contributed by atoms with van der Waals surface area (Å²) in [6, 6.07) is 0. The number of ether oxygens (including phenoxy) is 1. The molecule has 0 saturated carbocycles. The Kier molecular flexibility index (Phi) is 2.63. The molecule has 2 aliphatic heterocycles. The van der Waals surface area contributed by atoms with E-state index < -0.39 is 0 Å². The zero-order valence-electron chi connectivity index (χ0n) is 9.75. The number of nitrogens with one attached hydrogen (secondary N) is 1. The Labute approximate surface area is 91.0 Å². The summed E-state index contributed by atoms with van der Waals surface area (Å²) in [4.78, 5) is 13.6. The van der Waals surface area contributed by atoms with Crippen molar-refractivity contribution in [2.24, 2.45) is 11.8 Å². The summed E-state index contributed by atoms with van der Waals surface area (Å²) in [6.45, 7) is 9.52. The summed E-state index contributed by atoms with van der Waals surface area (Å²) >= 11 is 0. The maximum atomic E-state index is 11.8. The van der Waals surface area contributed by atoms with Gasteiger partial charge in [-0.3, -0.25) is 0 Å². The molecule has 2 rings (SSSR count). The van der Waals surface area contributed by atoms with Gasteiger partial charge < -0.3 is 15.0 Å². The first kappa shape index (κ1) is 10.7. The topological polar surface area (TPSA) is 41.6 Å². The predicted octanol–water partition coefficient (Wildman–Crippen LogP) is 1.07. The molecule has 4 nitrogen and oxygen atoms in total. The molecule has 0 radical (unpaired) electrons. The van der Waals surface area contributed by atoms with Crippen molar-refractivity contribution in [3.05, 3.63) is 0 Å². The number of fused-ring (bicyclic) bond motifs is 1. The lowest BCUT2D eigenvalue weighted by molar-refractivity contribution is 0.0281. The molecule has 2 heterocycles. The number of carbonyl (C=O) groups is 1. The zero-order chi connectivity index (χ0) is 11.1. The van der Waals surface area contributed by atoms with Crippen LogP contribution in [0, 0.1) is 11.8 Å². The highest BCUT2D eigenvalue weighted by Gasteiger charge is 2.39. The minimum atomic E-state index is -0.382. The Hall–Kier alpha value is -0.770. The SMILES string of the molecule is CC(C)(C)OC(=O)N1C[C@H]2CNC[C@@H]2C1. The molecule has 2 aliphatic rings. The van der Waals surface area contributed by atoms with Gasteiger partial charge in [0.05, 0.1) is 0 Å². The molecular formula is C11H20N2O2. The number of rotatable bonds is 0. The van der Waals surface area contributed by atoms with Crippen molar-refractivity contribution in [3.8, 4) is 0 Å². The average Bonchev–Trinajstić information content (AvgIpc) is 2.56. The number of amides is 1. The molecule has 2 atom stereocenters. The third kappa shape index (κ3) is 2.43. The largest absolute Gasteiger partial charge is 0.444 e. The highest BCUT2D eigenvalue weighted by atomic mass is 16.6. The molecule has 0 unspecified atom stereocenters. The molecule has 2 fully saturated rings. The van der Waals surface area contributed by atoms with Crippen LogP contribution in [0.25, 0.3) is 0 Å². The third-order valence-corrected chi connectivity index (χ3v) is 3.04. The standard InChI is InChI=1S/C11H20N2O2/c1-11(2,3)15-10(14)13-6-8-4-12-5-9(8)7-13/h8-9,12H,4-7H2,1-3H3/t8-,9-/m1/s1. The summed E-state index contributed by atoms with van der Waals surface area (Å²) in [5, 5.41) is 3.35. The van der Waals surface area contributed by atoms with E-state index in [9.17, 15) is 4.79 Å². The molecule has 0 aliphatic carbocycles. The van der Waals surface area contributed by atoms with Gasteiger partial charge in [0, 0.05) is 26.2 Å². The first-order valence-electron chi connectivity index (χ1n) is 5.64. The van der Waals surface area contributed by atoms with Crippen LogP contribution >= 0.6 is 0 Å². The number of carbonyl (C=O) groups excluding carboxylic acids is 1. The molecule has 86 valence electrons. The fraction of sp³-hybridized carbons (Fsp3) is 0.909. The van der Waals surface area contributed by atoms with Crippen molar-refractivity contribution in [1.29, 1.82) is 0 Å². The van der Waals surface area contributed by atoms with Crippen LogP contribution < -0.4 is 5.32 Å². The fourth-order valence-electron chi connectivity index (χ4n) is 2.33. The van der Waals surface area contributed by atoms with Crippen LogP contribution in [0.5, 0.6) is 0 Å². The number of likely N-dealkylation sites (tertiary alicyclic amines) is 1. The van der Waals surface area contributed by atoms with E-state index in [1.165, 1.54) is 0 Å². The van der Waals surface area contributed by atoms with E-state index in [2.05, 4.69) is 5.32 Å². The van der Waals surface area contributed by atoms with Crippen molar-refractivity contribution >= 4 is 6.09 Å². The van der Waals surface area contributed by atoms with Crippen LogP contribution in [0.1, 0.15) is 20.8 Å². The number of nitrogens with zero attached hydrogens (tertiary/aromatic N) is 1. The van der Waals surface area contributed by atoms with Crippen LogP contribution in [0.15, 0.2) is 0 Å². The molecule has 4 heteroatoms. The van der Waals surface area contributed by atoms with Crippen LogP contribution in [-0.2, 0) is 4.74 Å². The Morgan fingerprint density at radius 3 is 2.27 bits per heavy atom. The van der Waals surface area contributed by atoms with E-state index in [0.717, 1.165) is 26.2 Å². The number of hydrogen-bond donors (Lipinski definition) is 1. The van der Waals surface area contributed by atoms with Crippen LogP contribution in [0.4, 0.5) is 4.79 Å². The predicted molar refractivity (Wildman–Crippen MR) is 57.7 cm³/mol. The van der Waals surface area contributed by atoms with Crippen molar-refractivity contribution in [3.63, 3.8) is 0 Å². The second kappa shape index (κ2) is 3.67. The van der Waals surface area contributed by atoms with E-state index in [4.69, 9.17) is 4.74 Å². The molecular weight excluding hydrogens is 192 g/mol. The Morgan fingerprint density at radius 1 is 1.27 bits per heavy atom. The van der Waals surface area contributed by atoms with Gasteiger partial charge in [-0.05, 0) is 32.6 Å². The number of hydrogen-bond acceptors (Lipinski definition) is 3. The van der Waals surface area contributed by atoms with Gasteiger partial charge in [-0.15, -0.1) is 0 Å². The van der Waals surface area contributed by atoms with Crippen LogP contribution in [0.2, 0.25) is 0 Å². The van der Waals surface area contributed by atoms with E-state index in [1.54, 1.807) is 0 Å². The minimum absolute atomic E-state index is 0.156. The van der Waals surface area contributed by atoms with E-state index in [1.807, 2.05) is 25.7 Å². The lowest BCUT2D eigenvalue weighted by Gasteiger charge is -2.24. The smallest absolute Gasteiger partial charge is 0.410 e. The van der Waals surface area contributed by atoms with E-state index >= 15 is 0 Å². The fourth-order valence-corrected chi connectivity index (χ4v) is 2.33. The first-order chi connectivity index (χ1) is 6.96. The molecule has 0 spiro atoms. The molecule has 0 aromatic heterocycles. The van der Waals surface area contributed by atoms with Crippen LogP contribution in [-0.4, -0.2) is 42.8 Å². The van der Waals surface area contributed by atoms with Gasteiger partial charge in [0.2, 0.25) is 0 Å². The summed E-state index contributed by atoms with van der Waals surface area (Å²) in [5.41, 5.74) is -0.382. The second-order valence-electron chi connectivity index (χ2n) is 5.56.